The third-order valence-electron chi connectivity index (χ3n) is 5.59. The van der Waals surface area contributed by atoms with Gasteiger partial charge in [-0.1, -0.05) is 55.5 Å². The van der Waals surface area contributed by atoms with Crippen molar-refractivity contribution in [3.63, 3.8) is 0 Å². The molecule has 0 spiro atoms. The summed E-state index contributed by atoms with van der Waals surface area (Å²) in [4.78, 5) is 12.7. The molecule has 0 aromatic carbocycles. The van der Waals surface area contributed by atoms with Crippen LogP contribution < -0.4 is 4.90 Å². The van der Waals surface area contributed by atoms with Gasteiger partial charge in [-0.3, -0.25) is 0 Å². The zero-order valence-corrected chi connectivity index (χ0v) is 19.7. The lowest BCUT2D eigenvalue weighted by Gasteiger charge is -2.25. The van der Waals surface area contributed by atoms with Crippen molar-refractivity contribution in [2.24, 2.45) is 0 Å². The van der Waals surface area contributed by atoms with Crippen molar-refractivity contribution in [2.75, 3.05) is 31.2 Å². The number of fused-ring (bicyclic) bond motifs is 1. The third-order valence-corrected chi connectivity index (χ3v) is 7.10. The first kappa shape index (κ1) is 21.5. The van der Waals surface area contributed by atoms with Crippen molar-refractivity contribution >= 4 is 33.7 Å². The standard InChI is InChI=1S/C22H30ClN5OS/c1-4-5-6-7-8-9-17-14-15(2)24-21-18(16(3)26-28(17)21)19-20(23)25-22(30-19)27-10-12-29-13-11-27/h14H,4-13H2,1-3H3. The van der Waals surface area contributed by atoms with Gasteiger partial charge in [0.2, 0.25) is 0 Å². The molecule has 8 heteroatoms. The van der Waals surface area contributed by atoms with Crippen LogP contribution in [-0.4, -0.2) is 45.9 Å². The third kappa shape index (κ3) is 4.48. The summed E-state index contributed by atoms with van der Waals surface area (Å²) in [5.74, 6) is 0. The smallest absolute Gasteiger partial charge is 0.187 e. The SMILES string of the molecule is CCCCCCCc1cc(C)nc2c(-c3sc(N4CCOCC4)nc3Cl)c(C)nn12. The molecule has 1 aliphatic rings. The molecule has 1 fully saturated rings. The predicted octanol–water partition coefficient (Wildman–Crippen LogP) is 5.47. The molecule has 0 aliphatic carbocycles. The van der Waals surface area contributed by atoms with Crippen LogP contribution in [0.15, 0.2) is 6.07 Å². The van der Waals surface area contributed by atoms with Crippen LogP contribution in [-0.2, 0) is 11.2 Å². The Kier molecular flexibility index (Phi) is 6.91. The van der Waals surface area contributed by atoms with Gasteiger partial charge < -0.3 is 9.64 Å². The second-order valence-corrected chi connectivity index (χ2v) is 9.30. The lowest BCUT2D eigenvalue weighted by molar-refractivity contribution is 0.122. The number of aromatic nitrogens is 4. The van der Waals surface area contributed by atoms with Crippen LogP contribution in [0.25, 0.3) is 16.1 Å². The Balaban J connectivity index is 1.66. The fraction of sp³-hybridized carbons (Fsp3) is 0.591. The van der Waals surface area contributed by atoms with Gasteiger partial charge in [0.25, 0.3) is 0 Å². The summed E-state index contributed by atoms with van der Waals surface area (Å²) < 4.78 is 7.48. The summed E-state index contributed by atoms with van der Waals surface area (Å²) in [7, 11) is 0. The molecule has 1 aliphatic heterocycles. The van der Waals surface area contributed by atoms with Crippen LogP contribution in [0.3, 0.4) is 0 Å². The second kappa shape index (κ2) is 9.62. The predicted molar refractivity (Wildman–Crippen MR) is 124 cm³/mol. The Labute approximate surface area is 187 Å². The Morgan fingerprint density at radius 1 is 1.10 bits per heavy atom. The quantitative estimate of drug-likeness (QED) is 0.428. The highest BCUT2D eigenvalue weighted by molar-refractivity contribution is 7.19. The monoisotopic (exact) mass is 447 g/mol. The molecule has 30 heavy (non-hydrogen) atoms. The van der Waals surface area contributed by atoms with E-state index in [-0.39, 0.29) is 0 Å². The molecular weight excluding hydrogens is 418 g/mol. The molecule has 4 rings (SSSR count). The molecule has 0 atom stereocenters. The van der Waals surface area contributed by atoms with Crippen molar-refractivity contribution in [3.8, 4) is 10.4 Å². The van der Waals surface area contributed by atoms with Crippen molar-refractivity contribution in [2.45, 2.75) is 59.3 Å². The summed E-state index contributed by atoms with van der Waals surface area (Å²) >= 11 is 8.24. The molecule has 0 unspecified atom stereocenters. The van der Waals surface area contributed by atoms with Gasteiger partial charge in [0.05, 0.1) is 29.3 Å². The number of nitrogens with zero attached hydrogens (tertiary/aromatic N) is 5. The van der Waals surface area contributed by atoms with Crippen LogP contribution in [0.2, 0.25) is 5.15 Å². The minimum absolute atomic E-state index is 0.531. The molecule has 0 amide bonds. The Morgan fingerprint density at radius 2 is 1.87 bits per heavy atom. The molecule has 1 saturated heterocycles. The summed E-state index contributed by atoms with van der Waals surface area (Å²) in [6.07, 6.45) is 7.32. The maximum atomic E-state index is 6.62. The first-order chi connectivity index (χ1) is 14.6. The van der Waals surface area contributed by atoms with Crippen LogP contribution in [0.1, 0.15) is 56.1 Å². The average Bonchev–Trinajstić information content (AvgIpc) is 3.27. The van der Waals surface area contributed by atoms with Gasteiger partial charge in [-0.2, -0.15) is 5.10 Å². The number of halogens is 1. The van der Waals surface area contributed by atoms with E-state index in [9.17, 15) is 0 Å². The Hall–Kier alpha value is -1.70. The molecule has 0 saturated carbocycles. The zero-order chi connectivity index (χ0) is 21.1. The average molecular weight is 448 g/mol. The van der Waals surface area contributed by atoms with E-state index in [4.69, 9.17) is 26.4 Å². The number of hydrogen-bond acceptors (Lipinski definition) is 6. The van der Waals surface area contributed by atoms with E-state index in [0.29, 0.717) is 5.15 Å². The van der Waals surface area contributed by atoms with Gasteiger partial charge in [0.1, 0.15) is 5.15 Å². The number of thiazole rings is 1. The van der Waals surface area contributed by atoms with E-state index < -0.39 is 0 Å². The summed E-state index contributed by atoms with van der Waals surface area (Å²) in [5.41, 5.74) is 5.07. The van der Waals surface area contributed by atoms with Crippen LogP contribution in [0.4, 0.5) is 5.13 Å². The molecule has 162 valence electrons. The first-order valence-electron chi connectivity index (χ1n) is 10.9. The van der Waals surface area contributed by atoms with Gasteiger partial charge >= 0.3 is 0 Å². The van der Waals surface area contributed by atoms with Gasteiger partial charge in [-0.15, -0.1) is 0 Å². The van der Waals surface area contributed by atoms with E-state index in [1.807, 2.05) is 11.4 Å². The van der Waals surface area contributed by atoms with Crippen molar-refractivity contribution in [1.82, 2.24) is 19.6 Å². The molecule has 3 aromatic rings. The highest BCUT2D eigenvalue weighted by Crippen LogP contribution is 2.41. The van der Waals surface area contributed by atoms with E-state index in [1.165, 1.54) is 37.8 Å². The molecule has 6 nitrogen and oxygen atoms in total. The lowest BCUT2D eigenvalue weighted by Crippen LogP contribution is -2.36. The number of anilines is 1. The molecule has 4 heterocycles. The maximum Gasteiger partial charge on any atom is 0.187 e. The van der Waals surface area contributed by atoms with Gasteiger partial charge in [0, 0.05) is 24.5 Å². The molecule has 0 N–H and O–H groups in total. The molecule has 0 radical (unpaired) electrons. The van der Waals surface area contributed by atoms with E-state index in [2.05, 4.69) is 29.8 Å². The minimum Gasteiger partial charge on any atom is -0.378 e. The van der Waals surface area contributed by atoms with Crippen molar-refractivity contribution in [3.05, 3.63) is 28.3 Å². The van der Waals surface area contributed by atoms with Crippen molar-refractivity contribution in [1.29, 1.82) is 0 Å². The molecule has 0 bridgehead atoms. The van der Waals surface area contributed by atoms with E-state index in [0.717, 1.165) is 65.3 Å². The molecular formula is C22H30ClN5OS. The van der Waals surface area contributed by atoms with Gasteiger partial charge in [-0.25, -0.2) is 14.5 Å². The molecule has 3 aromatic heterocycles. The van der Waals surface area contributed by atoms with Gasteiger partial charge in [-0.05, 0) is 32.8 Å². The lowest BCUT2D eigenvalue weighted by atomic mass is 10.1. The van der Waals surface area contributed by atoms with Crippen LogP contribution in [0.5, 0.6) is 0 Å². The second-order valence-electron chi connectivity index (χ2n) is 7.96. The number of ether oxygens (including phenoxy) is 1. The fourth-order valence-electron chi connectivity index (χ4n) is 4.01. The summed E-state index contributed by atoms with van der Waals surface area (Å²) in [5, 5.41) is 6.33. The van der Waals surface area contributed by atoms with E-state index in [1.54, 1.807) is 11.3 Å². The van der Waals surface area contributed by atoms with Crippen molar-refractivity contribution < 1.29 is 4.74 Å². The van der Waals surface area contributed by atoms with Crippen LogP contribution >= 0.6 is 22.9 Å². The zero-order valence-electron chi connectivity index (χ0n) is 18.1. The number of aryl methyl sites for hydroxylation is 3. The summed E-state index contributed by atoms with van der Waals surface area (Å²) in [6.45, 7) is 9.48. The number of hydrogen-bond donors (Lipinski definition) is 0. The highest BCUT2D eigenvalue weighted by Gasteiger charge is 2.24. The fourth-order valence-corrected chi connectivity index (χ4v) is 5.45. The Morgan fingerprint density at radius 3 is 2.63 bits per heavy atom. The van der Waals surface area contributed by atoms with Crippen LogP contribution in [0, 0.1) is 13.8 Å². The number of morpholine rings is 1. The van der Waals surface area contributed by atoms with E-state index >= 15 is 0 Å². The Bertz CT molecular complexity index is 1010. The van der Waals surface area contributed by atoms with Gasteiger partial charge in [0.15, 0.2) is 10.8 Å². The highest BCUT2D eigenvalue weighted by atomic mass is 35.5. The summed E-state index contributed by atoms with van der Waals surface area (Å²) in [6, 6.07) is 2.16. The maximum absolute atomic E-state index is 6.62. The largest absolute Gasteiger partial charge is 0.378 e. The number of rotatable bonds is 8. The first-order valence-corrected chi connectivity index (χ1v) is 12.1. The topological polar surface area (TPSA) is 55.5 Å². The number of unbranched alkanes of at least 4 members (excludes halogenated alkanes) is 4. The normalized spacial score (nSPS) is 14.7. The minimum atomic E-state index is 0.531.